The zero-order valence-corrected chi connectivity index (χ0v) is 15.3. The van der Waals surface area contributed by atoms with E-state index in [4.69, 9.17) is 0 Å². The van der Waals surface area contributed by atoms with Crippen LogP contribution in [0.1, 0.15) is 41.0 Å². The first kappa shape index (κ1) is 21.2. The van der Waals surface area contributed by atoms with Crippen LogP contribution >= 0.6 is 0 Å². The third-order valence-corrected chi connectivity index (χ3v) is 3.84. The molecule has 1 rings (SSSR count). The molecule has 0 amide bonds. The van der Waals surface area contributed by atoms with Crippen LogP contribution in [0.25, 0.3) is 0 Å². The van der Waals surface area contributed by atoms with Crippen LogP contribution in [0, 0.1) is 12.3 Å². The smallest absolute Gasteiger partial charge is 0 e. The Morgan fingerprint density at radius 3 is 1.33 bits per heavy atom. The molecule has 0 bridgehead atoms. The minimum Gasteiger partial charge on any atom is -1.00 e. The molecule has 0 unspecified atom stereocenters. The Kier molecular flexibility index (Phi) is 10.3. The number of rotatable bonds is 1. The van der Waals surface area contributed by atoms with Gasteiger partial charge in [-0.2, -0.15) is 6.42 Å². The van der Waals surface area contributed by atoms with Gasteiger partial charge in [-0.1, -0.05) is 18.1 Å². The van der Waals surface area contributed by atoms with Crippen molar-refractivity contribution < 1.29 is 50.7 Å². The van der Waals surface area contributed by atoms with Gasteiger partial charge >= 0.3 is 0 Å². The van der Waals surface area contributed by atoms with E-state index in [0.29, 0.717) is 0 Å². The average molecular weight is 413 g/mol. The third kappa shape index (κ3) is 3.20. The molecule has 0 fully saturated rings. The van der Waals surface area contributed by atoms with Gasteiger partial charge in [0.15, 0.2) is 0 Å². The summed E-state index contributed by atoms with van der Waals surface area (Å²) in [5.41, 5.74) is 6.20. The molecule has 88 valence electrons. The molecule has 0 atom stereocenters. The first-order valence-corrected chi connectivity index (χ1v) is 4.60. The monoisotopic (exact) mass is 413 g/mol. The van der Waals surface area contributed by atoms with Gasteiger partial charge in [0, 0.05) is 25.8 Å². The van der Waals surface area contributed by atoms with Crippen molar-refractivity contribution >= 4 is 0 Å². The summed E-state index contributed by atoms with van der Waals surface area (Å²) in [7, 11) is 0. The van der Waals surface area contributed by atoms with Crippen LogP contribution in [0.5, 0.6) is 0 Å². The molecule has 0 heterocycles. The van der Waals surface area contributed by atoms with E-state index in [1.807, 2.05) is 0 Å². The fourth-order valence-electron chi connectivity index (χ4n) is 2.05. The summed E-state index contributed by atoms with van der Waals surface area (Å²) in [5.74, 6) is 0. The minimum atomic E-state index is 0. The Labute approximate surface area is 126 Å². The van der Waals surface area contributed by atoms with E-state index in [-0.39, 0.29) is 56.1 Å². The SMILES string of the molecule is [CH2-]CC1(C)C(C)=C(C)C(C)=C1C.[Cl-].[Cl-].[Hf]. The molecule has 0 nitrogen and oxygen atoms in total. The van der Waals surface area contributed by atoms with Crippen molar-refractivity contribution in [3.8, 4) is 0 Å². The van der Waals surface area contributed by atoms with Crippen molar-refractivity contribution in [1.82, 2.24) is 0 Å². The second kappa shape index (κ2) is 7.29. The van der Waals surface area contributed by atoms with Gasteiger partial charge in [-0.15, -0.1) is 0 Å². The normalized spacial score (nSPS) is 18.0. The molecule has 1 aliphatic rings. The van der Waals surface area contributed by atoms with E-state index in [1.54, 1.807) is 0 Å². The van der Waals surface area contributed by atoms with Crippen molar-refractivity contribution in [3.05, 3.63) is 29.2 Å². The third-order valence-electron chi connectivity index (χ3n) is 3.84. The van der Waals surface area contributed by atoms with Gasteiger partial charge in [0.05, 0.1) is 0 Å². The van der Waals surface area contributed by atoms with Gasteiger partial charge in [0.1, 0.15) is 0 Å². The first-order valence-electron chi connectivity index (χ1n) is 4.60. The number of allylic oxidation sites excluding steroid dienone is 4. The minimum absolute atomic E-state index is 0. The summed E-state index contributed by atoms with van der Waals surface area (Å²) in [5, 5.41) is 0. The zero-order valence-electron chi connectivity index (χ0n) is 10.2. The van der Waals surface area contributed by atoms with Crippen LogP contribution in [0.3, 0.4) is 0 Å². The largest absolute Gasteiger partial charge is 1.00 e. The van der Waals surface area contributed by atoms with Gasteiger partial charge < -0.3 is 31.7 Å². The molecular formula is C12H19Cl2Hf-3. The van der Waals surface area contributed by atoms with Crippen molar-refractivity contribution in [2.24, 2.45) is 5.41 Å². The summed E-state index contributed by atoms with van der Waals surface area (Å²) in [6, 6.07) is 0. The quantitative estimate of drug-likeness (QED) is 0.342. The molecule has 0 radical (unpaired) electrons. The van der Waals surface area contributed by atoms with Crippen LogP contribution < -0.4 is 24.8 Å². The Morgan fingerprint density at radius 1 is 0.933 bits per heavy atom. The first-order chi connectivity index (χ1) is 5.45. The summed E-state index contributed by atoms with van der Waals surface area (Å²) < 4.78 is 0. The fourth-order valence-corrected chi connectivity index (χ4v) is 2.05. The van der Waals surface area contributed by atoms with Crippen LogP contribution in [0.2, 0.25) is 0 Å². The molecule has 0 aromatic heterocycles. The molecule has 0 saturated heterocycles. The second-order valence-electron chi connectivity index (χ2n) is 4.08. The number of halogens is 2. The Balaban J connectivity index is -0.000000480. The van der Waals surface area contributed by atoms with Crippen LogP contribution in [-0.4, -0.2) is 0 Å². The van der Waals surface area contributed by atoms with Crippen molar-refractivity contribution in [3.63, 3.8) is 0 Å². The maximum absolute atomic E-state index is 4.04. The van der Waals surface area contributed by atoms with E-state index in [2.05, 4.69) is 41.5 Å². The van der Waals surface area contributed by atoms with E-state index in [9.17, 15) is 0 Å². The average Bonchev–Trinajstić information content (AvgIpc) is 2.22. The Bertz CT molecular complexity index is 253. The van der Waals surface area contributed by atoms with Crippen molar-refractivity contribution in [2.75, 3.05) is 0 Å². The molecule has 0 N–H and O–H groups in total. The summed E-state index contributed by atoms with van der Waals surface area (Å²) >= 11 is 0. The summed E-state index contributed by atoms with van der Waals surface area (Å²) in [4.78, 5) is 0. The predicted octanol–water partition coefficient (Wildman–Crippen LogP) is -2.09. The van der Waals surface area contributed by atoms with E-state index in [1.165, 1.54) is 22.3 Å². The number of hydrogen-bond donors (Lipinski definition) is 0. The maximum atomic E-state index is 4.04. The Hall–Kier alpha value is 0.930. The molecule has 0 aromatic carbocycles. The summed E-state index contributed by atoms with van der Waals surface area (Å²) in [6.07, 6.45) is 0.972. The van der Waals surface area contributed by atoms with Crippen molar-refractivity contribution in [2.45, 2.75) is 41.0 Å². The molecule has 3 heteroatoms. The molecule has 15 heavy (non-hydrogen) atoms. The maximum Gasteiger partial charge on any atom is 0 e. The molecule has 0 spiro atoms. The van der Waals surface area contributed by atoms with Gasteiger partial charge in [-0.05, 0) is 44.3 Å². The molecule has 0 saturated carbocycles. The predicted molar refractivity (Wildman–Crippen MR) is 54.8 cm³/mol. The topological polar surface area (TPSA) is 0 Å². The van der Waals surface area contributed by atoms with E-state index < -0.39 is 0 Å². The van der Waals surface area contributed by atoms with Crippen LogP contribution in [-0.2, 0) is 25.8 Å². The standard InChI is InChI=1S/C12H19.2ClH.Hf/c1-7-12(6)10(4)8(2)9(3)11(12)5;;;/h1,7H2,2-6H3;2*1H;/q-1;;;/p-2. The Morgan fingerprint density at radius 2 is 1.20 bits per heavy atom. The van der Waals surface area contributed by atoms with Gasteiger partial charge in [-0.25, -0.2) is 0 Å². The fraction of sp³-hybridized carbons (Fsp3) is 0.583. The van der Waals surface area contributed by atoms with Gasteiger partial charge in [0.25, 0.3) is 0 Å². The van der Waals surface area contributed by atoms with Crippen molar-refractivity contribution in [1.29, 1.82) is 0 Å². The van der Waals surface area contributed by atoms with E-state index >= 15 is 0 Å². The zero-order chi connectivity index (χ0) is 9.52. The van der Waals surface area contributed by atoms with Crippen LogP contribution in [0.4, 0.5) is 0 Å². The van der Waals surface area contributed by atoms with E-state index in [0.717, 1.165) is 6.42 Å². The summed E-state index contributed by atoms with van der Waals surface area (Å²) in [6.45, 7) is 15.2. The molecule has 1 aliphatic carbocycles. The van der Waals surface area contributed by atoms with Crippen LogP contribution in [0.15, 0.2) is 22.3 Å². The van der Waals surface area contributed by atoms with Gasteiger partial charge in [0.2, 0.25) is 0 Å². The molecule has 0 aliphatic heterocycles. The van der Waals surface area contributed by atoms with Gasteiger partial charge in [-0.3, -0.25) is 0 Å². The molecular weight excluding hydrogens is 394 g/mol. The molecule has 0 aromatic rings. The number of hydrogen-bond acceptors (Lipinski definition) is 0. The second-order valence-corrected chi connectivity index (χ2v) is 4.08.